The Bertz CT molecular complexity index is 223. The zero-order valence-electron chi connectivity index (χ0n) is 9.02. The largest absolute Gasteiger partial charge is 0.378 e. The van der Waals surface area contributed by atoms with Crippen LogP contribution in [0.3, 0.4) is 0 Å². The van der Waals surface area contributed by atoms with Gasteiger partial charge in [-0.25, -0.2) is 0 Å². The van der Waals surface area contributed by atoms with Gasteiger partial charge in [0.05, 0.1) is 19.8 Å². The Morgan fingerprint density at radius 3 is 2.60 bits per heavy atom. The van der Waals surface area contributed by atoms with E-state index in [2.05, 4.69) is 4.90 Å². The van der Waals surface area contributed by atoms with E-state index in [-0.39, 0.29) is 5.91 Å². The maximum absolute atomic E-state index is 11.8. The van der Waals surface area contributed by atoms with Crippen molar-refractivity contribution in [1.29, 1.82) is 0 Å². The first kappa shape index (κ1) is 10.9. The van der Waals surface area contributed by atoms with Gasteiger partial charge in [0.15, 0.2) is 0 Å². The molecule has 5 nitrogen and oxygen atoms in total. The fraction of sp³-hybridized carbons (Fsp3) is 0.900. The molecule has 0 saturated carbocycles. The molecule has 0 spiro atoms. The summed E-state index contributed by atoms with van der Waals surface area (Å²) in [7, 11) is 0. The number of carbonyl (C=O) groups excluding carboxylic acids is 1. The van der Waals surface area contributed by atoms with E-state index in [0.29, 0.717) is 25.7 Å². The van der Waals surface area contributed by atoms with Crippen LogP contribution in [0.15, 0.2) is 0 Å². The van der Waals surface area contributed by atoms with Crippen LogP contribution in [-0.4, -0.2) is 68.2 Å². The number of nitrogens with zero attached hydrogens (tertiary/aromatic N) is 2. The molecular formula is C10H19N3O2. The monoisotopic (exact) mass is 213 g/mol. The molecule has 2 N–H and O–H groups in total. The van der Waals surface area contributed by atoms with Crippen molar-refractivity contribution in [2.24, 2.45) is 11.7 Å². The van der Waals surface area contributed by atoms with Gasteiger partial charge in [0, 0.05) is 26.2 Å². The topological polar surface area (TPSA) is 58.8 Å². The maximum atomic E-state index is 11.8. The molecule has 86 valence electrons. The second-order valence-electron chi connectivity index (χ2n) is 4.29. The molecule has 0 atom stereocenters. The van der Waals surface area contributed by atoms with Crippen molar-refractivity contribution < 1.29 is 9.53 Å². The Balaban J connectivity index is 1.68. The molecule has 0 aromatic rings. The SMILES string of the molecule is NCC1CN(CC(=O)N2CCOCC2)C1. The van der Waals surface area contributed by atoms with Crippen molar-refractivity contribution in [2.45, 2.75) is 0 Å². The van der Waals surface area contributed by atoms with Gasteiger partial charge >= 0.3 is 0 Å². The number of likely N-dealkylation sites (tertiary alicyclic amines) is 1. The third-order valence-electron chi connectivity index (χ3n) is 3.09. The third kappa shape index (κ3) is 2.68. The highest BCUT2D eigenvalue weighted by Crippen LogP contribution is 2.13. The van der Waals surface area contributed by atoms with Crippen molar-refractivity contribution in [3.8, 4) is 0 Å². The van der Waals surface area contributed by atoms with E-state index in [1.807, 2.05) is 4.90 Å². The summed E-state index contributed by atoms with van der Waals surface area (Å²) in [6, 6.07) is 0. The summed E-state index contributed by atoms with van der Waals surface area (Å²) in [6.07, 6.45) is 0. The average molecular weight is 213 g/mol. The molecule has 0 radical (unpaired) electrons. The fourth-order valence-electron chi connectivity index (χ4n) is 2.06. The highest BCUT2D eigenvalue weighted by molar-refractivity contribution is 5.78. The quantitative estimate of drug-likeness (QED) is 0.635. The lowest BCUT2D eigenvalue weighted by molar-refractivity contribution is -0.138. The van der Waals surface area contributed by atoms with E-state index in [9.17, 15) is 4.79 Å². The minimum absolute atomic E-state index is 0.230. The number of hydrogen-bond donors (Lipinski definition) is 1. The Morgan fingerprint density at radius 2 is 2.00 bits per heavy atom. The van der Waals surface area contributed by atoms with Crippen LogP contribution in [-0.2, 0) is 9.53 Å². The van der Waals surface area contributed by atoms with Crippen LogP contribution in [0.2, 0.25) is 0 Å². The van der Waals surface area contributed by atoms with Gasteiger partial charge in [-0.2, -0.15) is 0 Å². The lowest BCUT2D eigenvalue weighted by Gasteiger charge is -2.39. The summed E-state index contributed by atoms with van der Waals surface area (Å²) < 4.78 is 5.21. The molecule has 0 aromatic carbocycles. The second kappa shape index (κ2) is 4.92. The van der Waals surface area contributed by atoms with Crippen LogP contribution in [0, 0.1) is 5.92 Å². The van der Waals surface area contributed by atoms with Crippen LogP contribution in [0.25, 0.3) is 0 Å². The molecule has 1 amide bonds. The van der Waals surface area contributed by atoms with Gasteiger partial charge < -0.3 is 15.4 Å². The molecular weight excluding hydrogens is 194 g/mol. The van der Waals surface area contributed by atoms with Crippen LogP contribution >= 0.6 is 0 Å². The molecule has 2 aliphatic rings. The third-order valence-corrected chi connectivity index (χ3v) is 3.09. The molecule has 0 aliphatic carbocycles. The number of rotatable bonds is 3. The number of amides is 1. The van der Waals surface area contributed by atoms with E-state index in [1.165, 1.54) is 0 Å². The van der Waals surface area contributed by atoms with Gasteiger partial charge in [-0.1, -0.05) is 0 Å². The fourth-order valence-corrected chi connectivity index (χ4v) is 2.06. The normalized spacial score (nSPS) is 23.9. The van der Waals surface area contributed by atoms with Gasteiger partial charge in [-0.15, -0.1) is 0 Å². The van der Waals surface area contributed by atoms with Crippen LogP contribution in [0.5, 0.6) is 0 Å². The Kier molecular flexibility index (Phi) is 3.56. The second-order valence-corrected chi connectivity index (χ2v) is 4.29. The number of morpholine rings is 1. The van der Waals surface area contributed by atoms with Gasteiger partial charge in [0.2, 0.25) is 5.91 Å². The minimum atomic E-state index is 0.230. The zero-order valence-corrected chi connectivity index (χ0v) is 9.02. The van der Waals surface area contributed by atoms with Crippen molar-refractivity contribution >= 4 is 5.91 Å². The summed E-state index contributed by atoms with van der Waals surface area (Å²) in [5.74, 6) is 0.830. The van der Waals surface area contributed by atoms with E-state index < -0.39 is 0 Å². The maximum Gasteiger partial charge on any atom is 0.236 e. The lowest BCUT2D eigenvalue weighted by Crippen LogP contribution is -2.54. The van der Waals surface area contributed by atoms with Crippen molar-refractivity contribution in [2.75, 3.05) is 52.5 Å². The predicted molar refractivity (Wildman–Crippen MR) is 56.4 cm³/mol. The van der Waals surface area contributed by atoms with E-state index in [1.54, 1.807) is 0 Å². The van der Waals surface area contributed by atoms with Crippen molar-refractivity contribution in [3.05, 3.63) is 0 Å². The van der Waals surface area contributed by atoms with Crippen LogP contribution in [0.4, 0.5) is 0 Å². The molecule has 2 heterocycles. The number of carbonyl (C=O) groups is 1. The van der Waals surface area contributed by atoms with E-state index in [0.717, 1.165) is 32.7 Å². The highest BCUT2D eigenvalue weighted by atomic mass is 16.5. The number of hydrogen-bond acceptors (Lipinski definition) is 4. The lowest BCUT2D eigenvalue weighted by atomic mass is 10.0. The molecule has 2 aliphatic heterocycles. The Morgan fingerprint density at radius 1 is 1.33 bits per heavy atom. The number of ether oxygens (including phenoxy) is 1. The predicted octanol–water partition coefficient (Wildman–Crippen LogP) is -1.26. The Hall–Kier alpha value is -0.650. The van der Waals surface area contributed by atoms with Crippen molar-refractivity contribution in [1.82, 2.24) is 9.80 Å². The first-order chi connectivity index (χ1) is 7.29. The van der Waals surface area contributed by atoms with Gasteiger partial charge in [0.25, 0.3) is 0 Å². The molecule has 0 bridgehead atoms. The molecule has 0 unspecified atom stereocenters. The minimum Gasteiger partial charge on any atom is -0.378 e. The van der Waals surface area contributed by atoms with E-state index >= 15 is 0 Å². The van der Waals surface area contributed by atoms with E-state index in [4.69, 9.17) is 10.5 Å². The smallest absolute Gasteiger partial charge is 0.236 e. The summed E-state index contributed by atoms with van der Waals surface area (Å²) in [6.45, 7) is 6.09. The van der Waals surface area contributed by atoms with Crippen molar-refractivity contribution in [3.63, 3.8) is 0 Å². The standard InChI is InChI=1S/C10H19N3O2/c11-5-9-6-12(7-9)8-10(14)13-1-3-15-4-2-13/h9H,1-8,11H2. The van der Waals surface area contributed by atoms with Gasteiger partial charge in [0.1, 0.15) is 0 Å². The van der Waals surface area contributed by atoms with Gasteiger partial charge in [-0.05, 0) is 12.5 Å². The molecule has 2 saturated heterocycles. The summed E-state index contributed by atoms with van der Waals surface area (Å²) in [4.78, 5) is 15.8. The zero-order chi connectivity index (χ0) is 10.7. The summed E-state index contributed by atoms with van der Waals surface area (Å²) in [5.41, 5.74) is 5.53. The van der Waals surface area contributed by atoms with Crippen LogP contribution < -0.4 is 5.73 Å². The first-order valence-corrected chi connectivity index (χ1v) is 5.57. The molecule has 15 heavy (non-hydrogen) atoms. The van der Waals surface area contributed by atoms with Crippen LogP contribution in [0.1, 0.15) is 0 Å². The average Bonchev–Trinajstić information content (AvgIpc) is 2.23. The molecule has 2 fully saturated rings. The number of nitrogens with two attached hydrogens (primary N) is 1. The van der Waals surface area contributed by atoms with Gasteiger partial charge in [-0.3, -0.25) is 9.69 Å². The summed E-state index contributed by atoms with van der Waals surface area (Å²) in [5, 5.41) is 0. The highest BCUT2D eigenvalue weighted by Gasteiger charge is 2.28. The Labute approximate surface area is 90.1 Å². The molecule has 5 heteroatoms. The molecule has 2 rings (SSSR count). The summed E-state index contributed by atoms with van der Waals surface area (Å²) >= 11 is 0. The molecule has 0 aromatic heterocycles. The first-order valence-electron chi connectivity index (χ1n) is 5.57.